The zero-order valence-corrected chi connectivity index (χ0v) is 17.0. The maximum Gasteiger partial charge on any atom is 0.119 e. The van der Waals surface area contributed by atoms with Crippen LogP contribution in [-0.4, -0.2) is 13.2 Å². The van der Waals surface area contributed by atoms with Crippen molar-refractivity contribution in [2.45, 2.75) is 90.5 Å². The van der Waals surface area contributed by atoms with E-state index in [1.165, 1.54) is 11.1 Å². The smallest absolute Gasteiger partial charge is 0.119 e. The van der Waals surface area contributed by atoms with E-state index in [-0.39, 0.29) is 29.7 Å². The second-order valence-electron chi connectivity index (χ2n) is 5.16. The molecule has 0 N–H and O–H groups in total. The number of hydrogen-bond donors (Lipinski definition) is 0. The predicted molar refractivity (Wildman–Crippen MR) is 137 cm³/mol. The van der Waals surface area contributed by atoms with Gasteiger partial charge >= 0.3 is 0 Å². The van der Waals surface area contributed by atoms with Crippen molar-refractivity contribution in [1.82, 2.24) is 0 Å². The van der Waals surface area contributed by atoms with Gasteiger partial charge in [-0.05, 0) is 54.7 Å². The van der Waals surface area contributed by atoms with Crippen molar-refractivity contribution >= 4 is 0 Å². The second-order valence-corrected chi connectivity index (χ2v) is 5.16. The average Bonchev–Trinajstić information content (AvgIpc) is 2.70. The SMILES string of the molecule is C.C.C.C.CC.CC.CCCOc1ccc(Cc2ccc(OCCC)cc2)cc1. The largest absolute Gasteiger partial charge is 0.494 e. The minimum Gasteiger partial charge on any atom is -0.494 e. The van der Waals surface area contributed by atoms with Crippen LogP contribution in [0.4, 0.5) is 0 Å². The number of hydrogen-bond acceptors (Lipinski definition) is 2. The maximum atomic E-state index is 5.60. The molecule has 0 aromatic heterocycles. The first-order valence-electron chi connectivity index (χ1n) is 9.75. The standard InChI is InChI=1S/C19H24O2.2C2H6.4CH4/c1-3-13-20-18-9-5-16(6-10-18)15-17-7-11-19(12-8-17)21-14-4-2;2*1-2;;;;/h5-12H,3-4,13-15H2,1-2H3;2*1-2H3;4*1H4. The number of ether oxygens (including phenoxy) is 2. The molecule has 2 heteroatoms. The summed E-state index contributed by atoms with van der Waals surface area (Å²) in [6.45, 7) is 13.8. The normalized spacial score (nSPS) is 7.93. The van der Waals surface area contributed by atoms with Crippen LogP contribution in [0.1, 0.15) is 95.2 Å². The van der Waals surface area contributed by atoms with Crippen LogP contribution in [0.2, 0.25) is 0 Å². The highest BCUT2D eigenvalue weighted by atomic mass is 16.5. The highest BCUT2D eigenvalue weighted by molar-refractivity contribution is 5.34. The monoisotopic (exact) mass is 408 g/mol. The van der Waals surface area contributed by atoms with Crippen LogP contribution in [0.25, 0.3) is 0 Å². The minimum absolute atomic E-state index is 0. The zero-order valence-electron chi connectivity index (χ0n) is 17.0. The maximum absolute atomic E-state index is 5.60. The average molecular weight is 409 g/mol. The lowest BCUT2D eigenvalue weighted by atomic mass is 10.0. The molecule has 0 spiro atoms. The van der Waals surface area contributed by atoms with Gasteiger partial charge in [-0.2, -0.15) is 0 Å². The van der Waals surface area contributed by atoms with Gasteiger partial charge in [-0.25, -0.2) is 0 Å². The summed E-state index contributed by atoms with van der Waals surface area (Å²) in [5.74, 6) is 1.90. The molecule has 172 valence electrons. The molecule has 0 aliphatic rings. The van der Waals surface area contributed by atoms with Crippen molar-refractivity contribution in [3.05, 3.63) is 59.7 Å². The molecule has 2 nitrogen and oxygen atoms in total. The summed E-state index contributed by atoms with van der Waals surface area (Å²) in [4.78, 5) is 0. The van der Waals surface area contributed by atoms with Crippen LogP contribution in [0.3, 0.4) is 0 Å². The summed E-state index contributed by atoms with van der Waals surface area (Å²) in [6.07, 6.45) is 3.00. The molecule has 0 radical (unpaired) electrons. The van der Waals surface area contributed by atoms with Gasteiger partial charge in [0.05, 0.1) is 13.2 Å². The van der Waals surface area contributed by atoms with Crippen molar-refractivity contribution < 1.29 is 9.47 Å². The Kier molecular flexibility index (Phi) is 33.9. The summed E-state index contributed by atoms with van der Waals surface area (Å²) < 4.78 is 11.2. The van der Waals surface area contributed by atoms with Crippen LogP contribution in [0.15, 0.2) is 48.5 Å². The molecular formula is C27H52O2. The first-order valence-corrected chi connectivity index (χ1v) is 9.75. The quantitative estimate of drug-likeness (QED) is 0.433. The van der Waals surface area contributed by atoms with Crippen LogP contribution in [-0.2, 0) is 6.42 Å². The van der Waals surface area contributed by atoms with Gasteiger partial charge < -0.3 is 9.47 Å². The van der Waals surface area contributed by atoms with Gasteiger partial charge in [0.2, 0.25) is 0 Å². The zero-order chi connectivity index (χ0) is 18.9. The van der Waals surface area contributed by atoms with Gasteiger partial charge in [0.15, 0.2) is 0 Å². The summed E-state index contributed by atoms with van der Waals surface area (Å²) >= 11 is 0. The third kappa shape index (κ3) is 16.7. The van der Waals surface area contributed by atoms with E-state index in [1.807, 2.05) is 52.0 Å². The lowest BCUT2D eigenvalue weighted by molar-refractivity contribution is 0.317. The Morgan fingerprint density at radius 2 is 0.793 bits per heavy atom. The van der Waals surface area contributed by atoms with Crippen molar-refractivity contribution in [2.24, 2.45) is 0 Å². The van der Waals surface area contributed by atoms with Gasteiger partial charge in [0, 0.05) is 0 Å². The topological polar surface area (TPSA) is 18.5 Å². The molecule has 0 unspecified atom stereocenters. The molecule has 2 aromatic rings. The van der Waals surface area contributed by atoms with Crippen LogP contribution in [0, 0.1) is 0 Å². The third-order valence-corrected chi connectivity index (χ3v) is 3.20. The fourth-order valence-electron chi connectivity index (χ4n) is 2.08. The highest BCUT2D eigenvalue weighted by Crippen LogP contribution is 2.18. The first-order chi connectivity index (χ1) is 12.3. The van der Waals surface area contributed by atoms with Gasteiger partial charge in [-0.3, -0.25) is 0 Å². The Hall–Kier alpha value is -1.96. The second kappa shape index (κ2) is 26.0. The molecule has 29 heavy (non-hydrogen) atoms. The molecule has 0 heterocycles. The van der Waals surface area contributed by atoms with E-state index in [0.29, 0.717) is 0 Å². The van der Waals surface area contributed by atoms with Gasteiger partial charge in [-0.15, -0.1) is 0 Å². The van der Waals surface area contributed by atoms with Gasteiger partial charge in [0.25, 0.3) is 0 Å². The fourth-order valence-corrected chi connectivity index (χ4v) is 2.08. The Labute approximate surface area is 184 Å². The molecule has 0 atom stereocenters. The van der Waals surface area contributed by atoms with E-state index >= 15 is 0 Å². The summed E-state index contributed by atoms with van der Waals surface area (Å²) in [6, 6.07) is 16.7. The molecule has 0 saturated heterocycles. The molecule has 0 aliphatic carbocycles. The van der Waals surface area contributed by atoms with Crippen molar-refractivity contribution in [3.63, 3.8) is 0 Å². The Morgan fingerprint density at radius 1 is 0.517 bits per heavy atom. The van der Waals surface area contributed by atoms with E-state index < -0.39 is 0 Å². The van der Waals surface area contributed by atoms with E-state index in [4.69, 9.17) is 9.47 Å². The molecule has 0 bridgehead atoms. The van der Waals surface area contributed by atoms with Crippen LogP contribution < -0.4 is 9.47 Å². The fraction of sp³-hybridized carbons (Fsp3) is 0.556. The Bertz CT molecular complexity index is 466. The van der Waals surface area contributed by atoms with Gasteiger partial charge in [0.1, 0.15) is 11.5 Å². The minimum atomic E-state index is 0. The van der Waals surface area contributed by atoms with Gasteiger partial charge in [-0.1, -0.05) is 95.5 Å². The van der Waals surface area contributed by atoms with Crippen LogP contribution in [0.5, 0.6) is 11.5 Å². The molecule has 0 amide bonds. The highest BCUT2D eigenvalue weighted by Gasteiger charge is 1.99. The lowest BCUT2D eigenvalue weighted by Crippen LogP contribution is -1.96. The summed E-state index contributed by atoms with van der Waals surface area (Å²) in [7, 11) is 0. The number of rotatable bonds is 8. The molecule has 0 aliphatic heterocycles. The third-order valence-electron chi connectivity index (χ3n) is 3.20. The first kappa shape index (κ1) is 37.7. The van der Waals surface area contributed by atoms with E-state index in [2.05, 4.69) is 38.1 Å². The molecule has 2 aromatic carbocycles. The molecule has 2 rings (SSSR count). The number of benzene rings is 2. The van der Waals surface area contributed by atoms with E-state index in [9.17, 15) is 0 Å². The van der Waals surface area contributed by atoms with Crippen molar-refractivity contribution in [1.29, 1.82) is 0 Å². The predicted octanol–water partition coefficient (Wildman–Crippen LogP) is 9.45. The van der Waals surface area contributed by atoms with Crippen LogP contribution >= 0.6 is 0 Å². The molecule has 0 fully saturated rings. The van der Waals surface area contributed by atoms with Crippen molar-refractivity contribution in [3.8, 4) is 11.5 Å². The van der Waals surface area contributed by atoms with E-state index in [1.54, 1.807) is 0 Å². The summed E-state index contributed by atoms with van der Waals surface area (Å²) in [5.41, 5.74) is 2.59. The lowest BCUT2D eigenvalue weighted by Gasteiger charge is -2.08. The van der Waals surface area contributed by atoms with E-state index in [0.717, 1.165) is 44.0 Å². The Balaban J connectivity index is -0.000000226. The Morgan fingerprint density at radius 3 is 1.03 bits per heavy atom. The van der Waals surface area contributed by atoms with Crippen molar-refractivity contribution in [2.75, 3.05) is 13.2 Å². The molecule has 0 saturated carbocycles. The summed E-state index contributed by atoms with van der Waals surface area (Å²) in [5, 5.41) is 0. The molecular weight excluding hydrogens is 356 g/mol.